The number of para-hydroxylation sites is 1. The number of hydrogen-bond donors (Lipinski definition) is 1. The van der Waals surface area contributed by atoms with Crippen LogP contribution in [0.5, 0.6) is 11.5 Å². The van der Waals surface area contributed by atoms with Crippen molar-refractivity contribution >= 4 is 41.2 Å². The van der Waals surface area contributed by atoms with E-state index in [0.29, 0.717) is 22.0 Å². The Kier molecular flexibility index (Phi) is 6.06. The van der Waals surface area contributed by atoms with E-state index in [1.807, 2.05) is 37.3 Å². The molecule has 9 heteroatoms. The molecule has 3 amide bonds. The molecule has 2 bridgehead atoms. The first-order valence-electron chi connectivity index (χ1n) is 11.3. The summed E-state index contributed by atoms with van der Waals surface area (Å²) < 4.78 is 11.2. The number of allylic oxidation sites excluding steroid dienone is 2. The van der Waals surface area contributed by atoms with Crippen LogP contribution in [0, 0.1) is 30.6 Å². The van der Waals surface area contributed by atoms with Gasteiger partial charge in [0.25, 0.3) is 17.7 Å². The second-order valence-electron chi connectivity index (χ2n) is 8.91. The van der Waals surface area contributed by atoms with E-state index in [0.717, 1.165) is 17.0 Å². The fourth-order valence-corrected chi connectivity index (χ4v) is 5.36. The first-order chi connectivity index (χ1) is 16.9. The Bertz CT molecular complexity index is 1240. The number of nitrogens with one attached hydrogen (secondary N) is 1. The zero-order chi connectivity index (χ0) is 24.7. The number of fused-ring (bicyclic) bond motifs is 5. The largest absolute Gasteiger partial charge is 0.493 e. The first kappa shape index (κ1) is 23.1. The molecule has 180 valence electrons. The van der Waals surface area contributed by atoms with Crippen LogP contribution in [0.1, 0.15) is 17.5 Å². The van der Waals surface area contributed by atoms with Crippen molar-refractivity contribution in [2.24, 2.45) is 28.8 Å². The van der Waals surface area contributed by atoms with Gasteiger partial charge in [-0.1, -0.05) is 42.0 Å². The number of carbonyl (C=O) groups excluding carboxylic acids is 3. The fourth-order valence-electron chi connectivity index (χ4n) is 5.15. The molecule has 2 aromatic carbocycles. The Morgan fingerprint density at radius 1 is 1.17 bits per heavy atom. The number of imide groups is 1. The molecule has 8 nitrogen and oxygen atoms in total. The first-order valence-corrected chi connectivity index (χ1v) is 11.7. The number of hydrazone groups is 1. The number of anilines is 1. The number of nitrogens with zero attached hydrogens (tertiary/aromatic N) is 2. The SMILES string of the molecule is COc1cc(Cl)cc(C=NN2C(=O)[C@@H]3[C@H](C2=O)[C@H]2C=C[C@H]3C2)c1OCC(=O)Nc1ccccc1C. The summed E-state index contributed by atoms with van der Waals surface area (Å²) in [5.74, 6) is -0.919. The highest BCUT2D eigenvalue weighted by molar-refractivity contribution is 6.31. The van der Waals surface area contributed by atoms with Gasteiger partial charge in [0.1, 0.15) is 0 Å². The van der Waals surface area contributed by atoms with Gasteiger partial charge >= 0.3 is 0 Å². The summed E-state index contributed by atoms with van der Waals surface area (Å²) in [5.41, 5.74) is 1.98. The quantitative estimate of drug-likeness (QED) is 0.359. The van der Waals surface area contributed by atoms with Crippen molar-refractivity contribution in [3.05, 3.63) is 64.7 Å². The summed E-state index contributed by atoms with van der Waals surface area (Å²) in [4.78, 5) is 38.4. The predicted octanol–water partition coefficient (Wildman–Crippen LogP) is 3.82. The van der Waals surface area contributed by atoms with Crippen LogP contribution in [0.3, 0.4) is 0 Å². The van der Waals surface area contributed by atoms with Crippen molar-refractivity contribution in [2.45, 2.75) is 13.3 Å². The number of hydrogen-bond acceptors (Lipinski definition) is 6. The summed E-state index contributed by atoms with van der Waals surface area (Å²) in [7, 11) is 1.45. The molecule has 3 aliphatic rings. The number of aryl methyl sites for hydroxylation is 1. The maximum absolute atomic E-state index is 12.9. The average molecular weight is 494 g/mol. The van der Waals surface area contributed by atoms with Crippen LogP contribution in [-0.2, 0) is 14.4 Å². The smallest absolute Gasteiger partial charge is 0.262 e. The molecule has 0 unspecified atom stereocenters. The summed E-state index contributed by atoms with van der Waals surface area (Å²) in [6.07, 6.45) is 6.24. The van der Waals surface area contributed by atoms with Gasteiger partial charge in [0, 0.05) is 22.3 Å². The molecular formula is C26H24ClN3O5. The van der Waals surface area contributed by atoms with Gasteiger partial charge < -0.3 is 14.8 Å². The second-order valence-corrected chi connectivity index (χ2v) is 9.35. The van der Waals surface area contributed by atoms with Gasteiger partial charge in [0.2, 0.25) is 0 Å². The van der Waals surface area contributed by atoms with E-state index in [1.54, 1.807) is 18.2 Å². The van der Waals surface area contributed by atoms with E-state index in [4.69, 9.17) is 21.1 Å². The molecule has 1 aliphatic heterocycles. The Balaban J connectivity index is 1.35. The standard InChI is InChI=1S/C26H24ClN3O5/c1-14-5-3-4-6-19(14)29-21(31)13-35-24-17(10-18(27)11-20(24)34-2)12-28-30-25(32)22-15-7-8-16(9-15)23(22)26(30)33/h3-8,10-12,15-16,22-23H,9,13H2,1-2H3,(H,29,31)/t15-,16-,22-,23+/m0/s1. The van der Waals surface area contributed by atoms with E-state index >= 15 is 0 Å². The number of carbonyl (C=O) groups is 3. The third kappa shape index (κ3) is 4.18. The number of amides is 3. The molecule has 2 aromatic rings. The van der Waals surface area contributed by atoms with Crippen molar-refractivity contribution in [2.75, 3.05) is 19.0 Å². The summed E-state index contributed by atoms with van der Waals surface area (Å²) >= 11 is 6.23. The maximum atomic E-state index is 12.9. The summed E-state index contributed by atoms with van der Waals surface area (Å²) in [6.45, 7) is 1.60. The molecule has 1 saturated heterocycles. The van der Waals surface area contributed by atoms with Crippen molar-refractivity contribution in [1.82, 2.24) is 5.01 Å². The van der Waals surface area contributed by atoms with Gasteiger partial charge in [0.05, 0.1) is 25.2 Å². The third-order valence-electron chi connectivity index (χ3n) is 6.79. The molecule has 0 radical (unpaired) electrons. The lowest BCUT2D eigenvalue weighted by molar-refractivity contribution is -0.140. The molecule has 2 aliphatic carbocycles. The lowest BCUT2D eigenvalue weighted by Gasteiger charge is -2.15. The van der Waals surface area contributed by atoms with E-state index in [2.05, 4.69) is 10.4 Å². The average Bonchev–Trinajstić information content (AvgIpc) is 3.52. The van der Waals surface area contributed by atoms with Crippen molar-refractivity contribution in [1.29, 1.82) is 0 Å². The summed E-state index contributed by atoms with van der Waals surface area (Å²) in [6, 6.07) is 10.5. The predicted molar refractivity (Wildman–Crippen MR) is 130 cm³/mol. The van der Waals surface area contributed by atoms with Crippen LogP contribution >= 0.6 is 11.6 Å². The Morgan fingerprint density at radius 2 is 1.86 bits per heavy atom. The molecule has 0 aromatic heterocycles. The fraction of sp³-hybridized carbons (Fsp3) is 0.308. The van der Waals surface area contributed by atoms with Crippen LogP contribution in [0.15, 0.2) is 53.7 Å². The van der Waals surface area contributed by atoms with Gasteiger partial charge in [-0.25, -0.2) is 0 Å². The van der Waals surface area contributed by atoms with E-state index in [1.165, 1.54) is 13.3 Å². The zero-order valence-electron chi connectivity index (χ0n) is 19.2. The van der Waals surface area contributed by atoms with Gasteiger partial charge in [0.15, 0.2) is 18.1 Å². The topological polar surface area (TPSA) is 97.3 Å². The Morgan fingerprint density at radius 3 is 2.51 bits per heavy atom. The minimum Gasteiger partial charge on any atom is -0.493 e. The Labute approximate surface area is 207 Å². The number of methoxy groups -OCH3 is 1. The molecule has 0 spiro atoms. The molecule has 1 N–H and O–H groups in total. The monoisotopic (exact) mass is 493 g/mol. The van der Waals surface area contributed by atoms with Gasteiger partial charge in [-0.15, -0.1) is 0 Å². The number of benzene rings is 2. The van der Waals surface area contributed by atoms with Gasteiger partial charge in [-0.3, -0.25) is 14.4 Å². The normalized spacial score (nSPS) is 24.4. The van der Waals surface area contributed by atoms with Crippen molar-refractivity contribution in [3.63, 3.8) is 0 Å². The van der Waals surface area contributed by atoms with Crippen LogP contribution < -0.4 is 14.8 Å². The molecule has 1 heterocycles. The third-order valence-corrected chi connectivity index (χ3v) is 7.01. The minimum absolute atomic E-state index is 0.0959. The number of halogens is 1. The number of ether oxygens (including phenoxy) is 2. The molecule has 35 heavy (non-hydrogen) atoms. The lowest BCUT2D eigenvalue weighted by atomic mass is 9.85. The second kappa shape index (κ2) is 9.19. The molecule has 1 saturated carbocycles. The maximum Gasteiger partial charge on any atom is 0.262 e. The van der Waals surface area contributed by atoms with E-state index < -0.39 is 0 Å². The van der Waals surface area contributed by atoms with E-state index in [-0.39, 0.29) is 53.7 Å². The zero-order valence-corrected chi connectivity index (χ0v) is 20.0. The van der Waals surface area contributed by atoms with Crippen LogP contribution in [-0.4, -0.2) is 42.7 Å². The lowest BCUT2D eigenvalue weighted by Crippen LogP contribution is -2.28. The summed E-state index contributed by atoms with van der Waals surface area (Å²) in [5, 5.41) is 8.30. The molecule has 5 rings (SSSR count). The molecule has 2 fully saturated rings. The highest BCUT2D eigenvalue weighted by Gasteiger charge is 2.59. The number of rotatable bonds is 7. The van der Waals surface area contributed by atoms with Gasteiger partial charge in [-0.2, -0.15) is 10.1 Å². The van der Waals surface area contributed by atoms with Gasteiger partial charge in [-0.05, 0) is 42.9 Å². The molecular weight excluding hydrogens is 470 g/mol. The van der Waals surface area contributed by atoms with Crippen molar-refractivity contribution in [3.8, 4) is 11.5 Å². The molecule has 4 atom stereocenters. The van der Waals surface area contributed by atoms with Crippen LogP contribution in [0.4, 0.5) is 5.69 Å². The Hall–Kier alpha value is -3.65. The van der Waals surface area contributed by atoms with E-state index in [9.17, 15) is 14.4 Å². The highest BCUT2D eigenvalue weighted by atomic mass is 35.5. The van der Waals surface area contributed by atoms with Crippen LogP contribution in [0.25, 0.3) is 0 Å². The van der Waals surface area contributed by atoms with Crippen LogP contribution in [0.2, 0.25) is 5.02 Å². The minimum atomic E-state index is -0.361. The van der Waals surface area contributed by atoms with Crippen molar-refractivity contribution < 1.29 is 23.9 Å². The highest BCUT2D eigenvalue weighted by Crippen LogP contribution is 2.52.